The van der Waals surface area contributed by atoms with Gasteiger partial charge in [0, 0.05) is 36.2 Å². The van der Waals surface area contributed by atoms with Crippen molar-refractivity contribution >= 4 is 23.6 Å². The van der Waals surface area contributed by atoms with Gasteiger partial charge in [-0.2, -0.15) is 0 Å². The zero-order valence-electron chi connectivity index (χ0n) is 27.3. The summed E-state index contributed by atoms with van der Waals surface area (Å²) in [5, 5.41) is 3.26. The van der Waals surface area contributed by atoms with Crippen LogP contribution in [0.3, 0.4) is 0 Å². The van der Waals surface area contributed by atoms with Crippen LogP contribution in [0.2, 0.25) is 0 Å². The number of ether oxygens (including phenoxy) is 1. The Bertz CT molecular complexity index is 1270. The van der Waals surface area contributed by atoms with Gasteiger partial charge in [0.1, 0.15) is 17.7 Å². The van der Waals surface area contributed by atoms with Crippen LogP contribution >= 0.6 is 0 Å². The molecule has 43 heavy (non-hydrogen) atoms. The molecule has 8 nitrogen and oxygen atoms in total. The number of hydrogen-bond acceptors (Lipinski definition) is 5. The van der Waals surface area contributed by atoms with Gasteiger partial charge in [0.05, 0.1) is 0 Å². The molecule has 1 aromatic carbocycles. The molecule has 4 rings (SSSR count). The number of benzene rings is 1. The van der Waals surface area contributed by atoms with Gasteiger partial charge in [-0.1, -0.05) is 72.1 Å². The van der Waals surface area contributed by atoms with Gasteiger partial charge in [-0.3, -0.25) is 24.4 Å². The van der Waals surface area contributed by atoms with E-state index in [1.165, 1.54) is 6.42 Å². The molecule has 0 radical (unpaired) electrons. The molecule has 1 aliphatic carbocycles. The summed E-state index contributed by atoms with van der Waals surface area (Å²) >= 11 is 0. The summed E-state index contributed by atoms with van der Waals surface area (Å²) in [5.74, 6) is -0.554. The van der Waals surface area contributed by atoms with Crippen LogP contribution in [0, 0.1) is 5.41 Å². The molecule has 8 heteroatoms. The van der Waals surface area contributed by atoms with Gasteiger partial charge < -0.3 is 10.1 Å². The van der Waals surface area contributed by atoms with Crippen molar-refractivity contribution in [2.24, 2.45) is 5.41 Å². The summed E-state index contributed by atoms with van der Waals surface area (Å²) in [6.45, 7) is 16.4. The Kier molecular flexibility index (Phi) is 9.57. The number of anilines is 1. The van der Waals surface area contributed by atoms with Gasteiger partial charge in [0.15, 0.2) is 0 Å². The molecule has 2 aliphatic rings. The Labute approximate surface area is 257 Å². The van der Waals surface area contributed by atoms with Crippen LogP contribution < -0.4 is 10.2 Å². The maximum atomic E-state index is 14.9. The van der Waals surface area contributed by atoms with Gasteiger partial charge in [0.2, 0.25) is 5.91 Å². The Morgan fingerprint density at radius 3 is 2.21 bits per heavy atom. The van der Waals surface area contributed by atoms with Gasteiger partial charge in [0.25, 0.3) is 5.91 Å². The fraction of sp³-hybridized carbons (Fsp3) is 0.600. The van der Waals surface area contributed by atoms with Crippen LogP contribution in [0.25, 0.3) is 0 Å². The molecule has 1 saturated carbocycles. The molecule has 1 N–H and O–H groups in total. The van der Waals surface area contributed by atoms with E-state index < -0.39 is 23.8 Å². The molecular weight excluding hydrogens is 540 g/mol. The number of aromatic nitrogens is 1. The normalized spacial score (nSPS) is 19.9. The highest BCUT2D eigenvalue weighted by Crippen LogP contribution is 2.39. The number of rotatable bonds is 6. The van der Waals surface area contributed by atoms with Gasteiger partial charge in [-0.05, 0) is 74.6 Å². The minimum atomic E-state index is -0.965. The minimum Gasteiger partial charge on any atom is -0.444 e. The molecule has 2 atom stereocenters. The Morgan fingerprint density at radius 2 is 1.65 bits per heavy atom. The Hall–Kier alpha value is -3.42. The quantitative estimate of drug-likeness (QED) is 0.394. The van der Waals surface area contributed by atoms with Crippen molar-refractivity contribution in [3.05, 3.63) is 59.9 Å². The number of amides is 3. The number of carbonyl (C=O) groups is 3. The molecule has 2 aromatic rings. The van der Waals surface area contributed by atoms with Crippen LogP contribution in [0.5, 0.6) is 0 Å². The summed E-state index contributed by atoms with van der Waals surface area (Å²) in [6.07, 6.45) is 8.39. The summed E-state index contributed by atoms with van der Waals surface area (Å²) < 4.78 is 5.75. The second-order valence-electron chi connectivity index (χ2n) is 15.0. The lowest BCUT2D eigenvalue weighted by molar-refractivity contribution is -0.129. The molecule has 234 valence electrons. The van der Waals surface area contributed by atoms with E-state index in [-0.39, 0.29) is 28.7 Å². The largest absolute Gasteiger partial charge is 0.444 e. The van der Waals surface area contributed by atoms with E-state index in [0.717, 1.165) is 31.2 Å². The standard InChI is InChI=1S/C35H50N4O4/c1-33(2,3)25-16-18-27(19-17-25)39(31(41)28-21-35(7,8)23-38(28)32(42)43-34(4,5)6)29(24-13-12-20-36-22-24)30(40)37-26-14-10-9-11-15-26/h12-13,16-20,22,26,28-29H,9-11,14-15,21,23H2,1-8H3,(H,37,40)/t28-,29?/m1/s1. The first-order chi connectivity index (χ1) is 20.1. The van der Waals surface area contributed by atoms with E-state index in [0.29, 0.717) is 24.2 Å². The van der Waals surface area contributed by atoms with Crippen molar-refractivity contribution < 1.29 is 19.1 Å². The zero-order valence-corrected chi connectivity index (χ0v) is 27.3. The predicted octanol–water partition coefficient (Wildman–Crippen LogP) is 6.94. The van der Waals surface area contributed by atoms with Crippen molar-refractivity contribution in [1.82, 2.24) is 15.2 Å². The lowest BCUT2D eigenvalue weighted by Crippen LogP contribution is -2.53. The topological polar surface area (TPSA) is 91.8 Å². The smallest absolute Gasteiger partial charge is 0.410 e. The van der Waals surface area contributed by atoms with E-state index in [1.807, 2.05) is 51.1 Å². The molecule has 0 spiro atoms. The Morgan fingerprint density at radius 1 is 1.00 bits per heavy atom. The molecule has 0 bridgehead atoms. The fourth-order valence-corrected chi connectivity index (χ4v) is 6.17. The molecule has 2 fully saturated rings. The molecule has 2 heterocycles. The maximum Gasteiger partial charge on any atom is 0.410 e. The van der Waals surface area contributed by atoms with E-state index in [1.54, 1.807) is 28.3 Å². The first kappa shape index (κ1) is 32.5. The first-order valence-corrected chi connectivity index (χ1v) is 15.7. The highest BCUT2D eigenvalue weighted by atomic mass is 16.6. The first-order valence-electron chi connectivity index (χ1n) is 15.7. The number of nitrogens with one attached hydrogen (secondary N) is 1. The van der Waals surface area contributed by atoms with Crippen LogP contribution in [-0.4, -0.2) is 52.0 Å². The van der Waals surface area contributed by atoms with Gasteiger partial charge in [-0.15, -0.1) is 0 Å². The molecule has 1 unspecified atom stereocenters. The number of hydrogen-bond donors (Lipinski definition) is 1. The second kappa shape index (κ2) is 12.7. The molecule has 3 amide bonds. The monoisotopic (exact) mass is 590 g/mol. The lowest BCUT2D eigenvalue weighted by Gasteiger charge is -2.37. The number of likely N-dealkylation sites (tertiary alicyclic amines) is 1. The molecule has 1 aromatic heterocycles. The summed E-state index contributed by atoms with van der Waals surface area (Å²) in [7, 11) is 0. The Balaban J connectivity index is 1.81. The van der Waals surface area contributed by atoms with Crippen molar-refractivity contribution in [3.63, 3.8) is 0 Å². The van der Waals surface area contributed by atoms with E-state index >= 15 is 0 Å². The zero-order chi connectivity index (χ0) is 31.6. The third-order valence-electron chi connectivity index (χ3n) is 8.34. The number of pyridine rings is 1. The lowest BCUT2D eigenvalue weighted by atomic mass is 9.87. The summed E-state index contributed by atoms with van der Waals surface area (Å²) in [5.41, 5.74) is 1.22. The SMILES string of the molecule is CC1(C)C[C@H](C(=O)N(c2ccc(C(C)(C)C)cc2)C(C(=O)NC2CCCCC2)c2cccnc2)N(C(=O)OC(C)(C)C)C1. The van der Waals surface area contributed by atoms with Crippen molar-refractivity contribution in [1.29, 1.82) is 0 Å². The van der Waals surface area contributed by atoms with Crippen molar-refractivity contribution in [2.75, 3.05) is 11.4 Å². The van der Waals surface area contributed by atoms with Crippen LogP contribution in [0.1, 0.15) is 111 Å². The summed E-state index contributed by atoms with van der Waals surface area (Å²) in [6, 6.07) is 9.77. The minimum absolute atomic E-state index is 0.0596. The average Bonchev–Trinajstić information content (AvgIpc) is 3.26. The predicted molar refractivity (Wildman–Crippen MR) is 170 cm³/mol. The molecule has 1 saturated heterocycles. The van der Waals surface area contributed by atoms with E-state index in [2.05, 4.69) is 44.9 Å². The summed E-state index contributed by atoms with van der Waals surface area (Å²) in [4.78, 5) is 50.1. The van der Waals surface area contributed by atoms with E-state index in [4.69, 9.17) is 4.74 Å². The van der Waals surface area contributed by atoms with Gasteiger partial charge >= 0.3 is 6.09 Å². The van der Waals surface area contributed by atoms with Crippen molar-refractivity contribution in [2.45, 2.75) is 123 Å². The van der Waals surface area contributed by atoms with Crippen LogP contribution in [0.15, 0.2) is 48.8 Å². The van der Waals surface area contributed by atoms with Crippen molar-refractivity contribution in [3.8, 4) is 0 Å². The highest BCUT2D eigenvalue weighted by Gasteiger charge is 2.48. The van der Waals surface area contributed by atoms with Gasteiger partial charge in [-0.25, -0.2) is 4.79 Å². The third-order valence-corrected chi connectivity index (χ3v) is 8.34. The third kappa shape index (κ3) is 8.15. The maximum absolute atomic E-state index is 14.9. The molecule has 1 aliphatic heterocycles. The average molecular weight is 591 g/mol. The second-order valence-corrected chi connectivity index (χ2v) is 15.0. The molecular formula is C35H50N4O4. The highest BCUT2D eigenvalue weighted by molar-refractivity contribution is 6.05. The van der Waals surface area contributed by atoms with E-state index in [9.17, 15) is 14.4 Å². The number of nitrogens with zero attached hydrogens (tertiary/aromatic N) is 3. The fourth-order valence-electron chi connectivity index (χ4n) is 6.17. The number of carbonyl (C=O) groups excluding carboxylic acids is 3. The van der Waals surface area contributed by atoms with Crippen LogP contribution in [0.4, 0.5) is 10.5 Å². The van der Waals surface area contributed by atoms with Crippen LogP contribution in [-0.2, 0) is 19.7 Å².